The van der Waals surface area contributed by atoms with E-state index in [9.17, 15) is 19.5 Å². The first-order chi connectivity index (χ1) is 19.4. The Morgan fingerprint density at radius 2 is 1.82 bits per heavy atom. The van der Waals surface area contributed by atoms with Crippen LogP contribution in [0.1, 0.15) is 52.0 Å². The fourth-order valence-corrected chi connectivity index (χ4v) is 7.29. The summed E-state index contributed by atoms with van der Waals surface area (Å²) in [6.07, 6.45) is 12.0. The number of nitrogens with zero attached hydrogens (tertiary/aromatic N) is 3. The minimum absolute atomic E-state index is 0.00968. The van der Waals surface area contributed by atoms with E-state index in [1.54, 1.807) is 43.3 Å². The number of aliphatic hydroxyl groups excluding tert-OH is 1. The minimum Gasteiger partial charge on any atom is -0.510 e. The molecule has 1 saturated carbocycles. The van der Waals surface area contributed by atoms with Crippen molar-refractivity contribution in [2.24, 2.45) is 28.0 Å². The fraction of sp³-hybridized carbons (Fsp3) is 0.323. The molecule has 0 radical (unpaired) electrons. The first-order valence-corrected chi connectivity index (χ1v) is 14.7. The number of Topliss-reactive ketones (excluding diaryl/α,β-unsaturated/α-hetero) is 1. The SMILES string of the molecule is Cc1ccc2c(c1N=NC1=C(O)C3CC(SCC4C=CC=CC4)CCC3C1=O)C(=O)N(Nc1ccccc1)C2=O. The molecule has 0 spiro atoms. The predicted molar refractivity (Wildman–Crippen MR) is 154 cm³/mol. The number of anilines is 1. The summed E-state index contributed by atoms with van der Waals surface area (Å²) in [5.41, 5.74) is 4.62. The number of carbonyl (C=O) groups is 3. The van der Waals surface area contributed by atoms with Gasteiger partial charge in [-0.2, -0.15) is 16.8 Å². The van der Waals surface area contributed by atoms with Crippen LogP contribution in [-0.2, 0) is 4.79 Å². The molecule has 4 unspecified atom stereocenters. The average molecular weight is 555 g/mol. The summed E-state index contributed by atoms with van der Waals surface area (Å²) in [4.78, 5) is 39.6. The Kier molecular flexibility index (Phi) is 7.14. The van der Waals surface area contributed by atoms with Crippen LogP contribution in [0.2, 0.25) is 0 Å². The molecule has 2 aromatic carbocycles. The zero-order valence-electron chi connectivity index (χ0n) is 22.1. The molecule has 6 rings (SSSR count). The van der Waals surface area contributed by atoms with Gasteiger partial charge in [0.25, 0.3) is 11.8 Å². The number of allylic oxidation sites excluding steroid dienone is 6. The van der Waals surface area contributed by atoms with E-state index in [1.807, 2.05) is 17.8 Å². The van der Waals surface area contributed by atoms with Crippen molar-refractivity contribution in [3.05, 3.63) is 94.9 Å². The number of hydrazine groups is 1. The summed E-state index contributed by atoms with van der Waals surface area (Å²) in [6, 6.07) is 12.2. The Balaban J connectivity index is 1.21. The molecule has 2 N–H and O–H groups in total. The molecule has 0 aromatic heterocycles. The van der Waals surface area contributed by atoms with E-state index in [-0.39, 0.29) is 45.9 Å². The molecule has 40 heavy (non-hydrogen) atoms. The average Bonchev–Trinajstić information content (AvgIpc) is 3.36. The maximum Gasteiger partial charge on any atom is 0.282 e. The van der Waals surface area contributed by atoms with Crippen LogP contribution in [0.5, 0.6) is 0 Å². The third-order valence-corrected chi connectivity index (χ3v) is 9.60. The van der Waals surface area contributed by atoms with Gasteiger partial charge in [-0.3, -0.25) is 19.8 Å². The molecule has 3 aliphatic carbocycles. The van der Waals surface area contributed by atoms with Crippen molar-refractivity contribution < 1.29 is 19.5 Å². The lowest BCUT2D eigenvalue weighted by atomic mass is 9.80. The lowest BCUT2D eigenvalue weighted by Crippen LogP contribution is -2.35. The number of hydrogen-bond donors (Lipinski definition) is 2. The molecule has 0 saturated heterocycles. The molecule has 204 valence electrons. The highest BCUT2D eigenvalue weighted by Gasteiger charge is 2.46. The Labute approximate surface area is 236 Å². The van der Waals surface area contributed by atoms with Gasteiger partial charge in [0.1, 0.15) is 11.4 Å². The molecule has 4 aliphatic rings. The van der Waals surface area contributed by atoms with Crippen molar-refractivity contribution in [1.82, 2.24) is 5.01 Å². The lowest BCUT2D eigenvalue weighted by Gasteiger charge is -2.31. The highest BCUT2D eigenvalue weighted by atomic mass is 32.2. The van der Waals surface area contributed by atoms with Gasteiger partial charge in [-0.05, 0) is 62.3 Å². The number of para-hydroxylation sites is 1. The van der Waals surface area contributed by atoms with E-state index >= 15 is 0 Å². The largest absolute Gasteiger partial charge is 0.510 e. The summed E-state index contributed by atoms with van der Waals surface area (Å²) in [7, 11) is 0. The van der Waals surface area contributed by atoms with Gasteiger partial charge in [0.2, 0.25) is 0 Å². The monoisotopic (exact) mass is 554 g/mol. The van der Waals surface area contributed by atoms with Crippen molar-refractivity contribution >= 4 is 40.7 Å². The Hall–Kier alpha value is -3.98. The van der Waals surface area contributed by atoms with Crippen molar-refractivity contribution in [2.45, 2.75) is 37.9 Å². The van der Waals surface area contributed by atoms with E-state index in [0.717, 1.165) is 30.0 Å². The Morgan fingerprint density at radius 1 is 1.00 bits per heavy atom. The second kappa shape index (κ2) is 10.9. The van der Waals surface area contributed by atoms with Crippen LogP contribution < -0.4 is 5.43 Å². The van der Waals surface area contributed by atoms with Gasteiger partial charge in [0, 0.05) is 22.8 Å². The van der Waals surface area contributed by atoms with Crippen LogP contribution in [0.25, 0.3) is 0 Å². The number of amides is 2. The number of aliphatic hydroxyl groups is 1. The van der Waals surface area contributed by atoms with Gasteiger partial charge in [-0.1, -0.05) is 48.6 Å². The Morgan fingerprint density at radius 3 is 2.60 bits per heavy atom. The number of nitrogens with one attached hydrogen (secondary N) is 1. The summed E-state index contributed by atoms with van der Waals surface area (Å²) in [5.74, 6) is -0.251. The second-order valence-electron chi connectivity index (χ2n) is 10.7. The normalized spacial score (nSPS) is 25.7. The molecule has 1 fully saturated rings. The highest BCUT2D eigenvalue weighted by Crippen LogP contribution is 2.47. The number of ketones is 1. The third kappa shape index (κ3) is 4.79. The first kappa shape index (κ1) is 26.3. The maximum absolute atomic E-state index is 13.3. The molecule has 1 heterocycles. The van der Waals surface area contributed by atoms with Gasteiger partial charge in [0.05, 0.1) is 16.8 Å². The topological polar surface area (TPSA) is 111 Å². The number of benzene rings is 2. The molecular formula is C31H30N4O4S. The smallest absolute Gasteiger partial charge is 0.282 e. The zero-order valence-corrected chi connectivity index (χ0v) is 22.9. The second-order valence-corrected chi connectivity index (χ2v) is 12.0. The predicted octanol–water partition coefficient (Wildman–Crippen LogP) is 6.70. The zero-order chi connectivity index (χ0) is 27.8. The summed E-state index contributed by atoms with van der Waals surface area (Å²) < 4.78 is 0. The van der Waals surface area contributed by atoms with Gasteiger partial charge in [-0.25, -0.2) is 0 Å². The van der Waals surface area contributed by atoms with Crippen molar-refractivity contribution in [3.8, 4) is 0 Å². The number of azo groups is 1. The fourth-order valence-electron chi connectivity index (χ4n) is 5.88. The summed E-state index contributed by atoms with van der Waals surface area (Å²) in [6.45, 7) is 1.77. The summed E-state index contributed by atoms with van der Waals surface area (Å²) >= 11 is 1.92. The highest BCUT2D eigenvalue weighted by molar-refractivity contribution is 7.99. The van der Waals surface area contributed by atoms with E-state index in [0.29, 0.717) is 28.8 Å². The van der Waals surface area contributed by atoms with Crippen LogP contribution >= 0.6 is 11.8 Å². The molecule has 1 aliphatic heterocycles. The number of fused-ring (bicyclic) bond motifs is 2. The molecule has 2 aromatic rings. The van der Waals surface area contributed by atoms with Crippen LogP contribution in [0, 0.1) is 24.7 Å². The first-order valence-electron chi connectivity index (χ1n) is 13.6. The van der Waals surface area contributed by atoms with E-state index < -0.39 is 11.8 Å². The van der Waals surface area contributed by atoms with E-state index in [4.69, 9.17) is 0 Å². The molecule has 8 nitrogen and oxygen atoms in total. The van der Waals surface area contributed by atoms with Gasteiger partial charge < -0.3 is 5.11 Å². The van der Waals surface area contributed by atoms with Crippen molar-refractivity contribution in [2.75, 3.05) is 11.2 Å². The summed E-state index contributed by atoms with van der Waals surface area (Å²) in [5, 5.41) is 20.9. The van der Waals surface area contributed by atoms with Crippen molar-refractivity contribution in [3.63, 3.8) is 0 Å². The molecule has 9 heteroatoms. The number of imide groups is 1. The van der Waals surface area contributed by atoms with Gasteiger partial charge in [0.15, 0.2) is 11.5 Å². The van der Waals surface area contributed by atoms with Crippen LogP contribution in [0.3, 0.4) is 0 Å². The van der Waals surface area contributed by atoms with Crippen molar-refractivity contribution in [1.29, 1.82) is 0 Å². The maximum atomic E-state index is 13.3. The van der Waals surface area contributed by atoms with Gasteiger partial charge >= 0.3 is 0 Å². The number of hydrogen-bond acceptors (Lipinski definition) is 8. The minimum atomic E-state index is -0.547. The molecule has 4 atom stereocenters. The van der Waals surface area contributed by atoms with E-state index in [1.165, 1.54) is 0 Å². The van der Waals surface area contributed by atoms with Gasteiger partial charge in [-0.15, -0.1) is 10.2 Å². The quantitative estimate of drug-likeness (QED) is 0.291. The number of aryl methyl sites for hydroxylation is 1. The van der Waals surface area contributed by atoms with Crippen LogP contribution in [0.4, 0.5) is 11.4 Å². The van der Waals surface area contributed by atoms with Crippen LogP contribution in [-0.4, -0.2) is 38.7 Å². The number of thioether (sulfide) groups is 1. The Bertz CT molecular complexity index is 1500. The standard InChI is InChI=1S/C31H30N4O4S/c1-18-12-14-23-25(31(39)35(30(23)38)34-20-10-6-3-7-11-20)26(18)32-33-27-28(36)22-15-13-21(16-24(22)29(27)37)40-17-19-8-4-2-5-9-19/h2-8,10-12,14,19,21-22,24,34,37H,9,13,15-17H2,1H3. The number of rotatable bonds is 7. The van der Waals surface area contributed by atoms with E-state index in [2.05, 4.69) is 40.0 Å². The number of carbonyl (C=O) groups excluding carboxylic acids is 3. The van der Waals surface area contributed by atoms with Crippen LogP contribution in [0.15, 0.2) is 88.5 Å². The molecule has 2 amide bonds. The lowest BCUT2D eigenvalue weighted by molar-refractivity contribution is -0.120. The molecular weight excluding hydrogens is 524 g/mol. The third-order valence-electron chi connectivity index (χ3n) is 8.08. The molecule has 0 bridgehead atoms.